The molecule has 0 radical (unpaired) electrons. The number of nitrogens with zero attached hydrogens (tertiary/aromatic N) is 4. The van der Waals surface area contributed by atoms with Crippen LogP contribution < -0.4 is 0 Å². The molecule has 8 heteroatoms. The van der Waals surface area contributed by atoms with Crippen LogP contribution in [0.5, 0.6) is 0 Å². The van der Waals surface area contributed by atoms with Crippen LogP contribution in [0.2, 0.25) is 0 Å². The molecular formula is C19H18N4O4. The van der Waals surface area contributed by atoms with E-state index in [1.165, 1.54) is 0 Å². The van der Waals surface area contributed by atoms with E-state index in [4.69, 9.17) is 10.3 Å². The monoisotopic (exact) mass is 366 g/mol. The number of azide groups is 1. The van der Waals surface area contributed by atoms with E-state index in [1.807, 2.05) is 48.5 Å². The summed E-state index contributed by atoms with van der Waals surface area (Å²) in [7, 11) is 0. The van der Waals surface area contributed by atoms with Gasteiger partial charge in [-0.15, -0.1) is 10.5 Å². The molecule has 0 bridgehead atoms. The van der Waals surface area contributed by atoms with Crippen molar-refractivity contribution in [2.75, 3.05) is 6.61 Å². The fourth-order valence-electron chi connectivity index (χ4n) is 3.38. The number of rotatable bonds is 6. The normalized spacial score (nSPS) is 13.1. The van der Waals surface area contributed by atoms with Gasteiger partial charge in [0, 0.05) is 5.92 Å². The lowest BCUT2D eigenvalue weighted by Gasteiger charge is -2.19. The highest BCUT2D eigenvalue weighted by molar-refractivity contribution is 5.81. The van der Waals surface area contributed by atoms with Gasteiger partial charge in [-0.05, 0) is 33.9 Å². The van der Waals surface area contributed by atoms with Crippen molar-refractivity contribution in [3.8, 4) is 11.1 Å². The van der Waals surface area contributed by atoms with Crippen molar-refractivity contribution >= 4 is 12.1 Å². The van der Waals surface area contributed by atoms with E-state index in [-0.39, 0.29) is 18.9 Å². The maximum atomic E-state index is 12.4. The van der Waals surface area contributed by atoms with Gasteiger partial charge in [0.15, 0.2) is 0 Å². The van der Waals surface area contributed by atoms with Gasteiger partial charge in [0.25, 0.3) is 0 Å². The van der Waals surface area contributed by atoms with Gasteiger partial charge in [-0.2, -0.15) is 9.71 Å². The molecular weight excluding hydrogens is 348 g/mol. The summed E-state index contributed by atoms with van der Waals surface area (Å²) in [6.45, 7) is 1.59. The molecule has 0 aromatic heterocycles. The van der Waals surface area contributed by atoms with Crippen LogP contribution >= 0.6 is 0 Å². The number of carboxylic acid groups (broad SMARTS) is 1. The maximum absolute atomic E-state index is 12.4. The first-order valence-electron chi connectivity index (χ1n) is 8.50. The van der Waals surface area contributed by atoms with E-state index in [0.29, 0.717) is 5.01 Å². The molecule has 0 aliphatic heterocycles. The highest BCUT2D eigenvalue weighted by atomic mass is 16.6. The van der Waals surface area contributed by atoms with E-state index < -0.39 is 18.1 Å². The van der Waals surface area contributed by atoms with Gasteiger partial charge >= 0.3 is 12.1 Å². The predicted molar refractivity (Wildman–Crippen MR) is 97.8 cm³/mol. The van der Waals surface area contributed by atoms with Crippen LogP contribution in [0.25, 0.3) is 21.6 Å². The number of ether oxygens (including phenoxy) is 1. The first-order chi connectivity index (χ1) is 13.1. The van der Waals surface area contributed by atoms with Gasteiger partial charge in [0.1, 0.15) is 6.61 Å². The molecule has 0 saturated carbocycles. The summed E-state index contributed by atoms with van der Waals surface area (Å²) in [5, 5.41) is 13.0. The first-order valence-corrected chi connectivity index (χ1v) is 8.50. The number of hydrogen-bond acceptors (Lipinski definition) is 4. The second kappa shape index (κ2) is 7.80. The smallest absolute Gasteiger partial charge is 0.478 e. The molecule has 1 aliphatic rings. The van der Waals surface area contributed by atoms with Crippen LogP contribution in [-0.2, 0) is 9.53 Å². The molecule has 2 aromatic rings. The number of fused-ring (bicyclic) bond motifs is 3. The Hall–Kier alpha value is -3.51. The van der Waals surface area contributed by atoms with Crippen LogP contribution in [0.15, 0.2) is 53.8 Å². The quantitative estimate of drug-likeness (QED) is 0.354. The van der Waals surface area contributed by atoms with Crippen molar-refractivity contribution in [2.24, 2.45) is 5.22 Å². The summed E-state index contributed by atoms with van der Waals surface area (Å²) in [6, 6.07) is 14.4. The second-order valence-corrected chi connectivity index (χ2v) is 6.09. The predicted octanol–water partition coefficient (Wildman–Crippen LogP) is 4.33. The molecule has 1 N–H and O–H groups in total. The molecule has 0 saturated heterocycles. The molecule has 27 heavy (non-hydrogen) atoms. The number of carboxylic acids is 1. The molecule has 0 spiro atoms. The summed E-state index contributed by atoms with van der Waals surface area (Å²) in [5.41, 5.74) is 12.9. The lowest BCUT2D eigenvalue weighted by atomic mass is 9.98. The van der Waals surface area contributed by atoms with Crippen LogP contribution in [0.3, 0.4) is 0 Å². The third-order valence-corrected chi connectivity index (χ3v) is 4.63. The van der Waals surface area contributed by atoms with E-state index in [2.05, 4.69) is 10.1 Å². The molecule has 8 nitrogen and oxygen atoms in total. The largest absolute Gasteiger partial charge is 0.511 e. The summed E-state index contributed by atoms with van der Waals surface area (Å²) in [4.78, 5) is 26.2. The van der Waals surface area contributed by atoms with Gasteiger partial charge in [-0.1, -0.05) is 55.5 Å². The number of carbonyl (C=O) groups excluding carboxylic acids is 1. The average Bonchev–Trinajstić information content (AvgIpc) is 3.00. The van der Waals surface area contributed by atoms with E-state index in [9.17, 15) is 14.7 Å². The molecule has 2 aromatic carbocycles. The summed E-state index contributed by atoms with van der Waals surface area (Å²) in [6.07, 6.45) is -0.901. The third-order valence-electron chi connectivity index (χ3n) is 4.63. The second-order valence-electron chi connectivity index (χ2n) is 6.09. The Bertz CT molecular complexity index is 878. The number of aliphatic carboxylic acids is 1. The Labute approximate surface area is 155 Å². The van der Waals surface area contributed by atoms with Gasteiger partial charge in [-0.3, -0.25) is 0 Å². The standard InChI is InChI=1S/C19H18N4O4/c1-2-17(18(24)25)23(22-21-20)19(26)27-11-16-14-9-5-3-7-12(14)13-8-4-6-10-15(13)16/h3-10,16-17H,2,11H2,1H3,(H,24,25)/t17-/m0/s1. The summed E-state index contributed by atoms with van der Waals surface area (Å²) in [5.74, 6) is -1.43. The average molecular weight is 366 g/mol. The van der Waals surface area contributed by atoms with Crippen molar-refractivity contribution in [3.63, 3.8) is 0 Å². The molecule has 1 aliphatic carbocycles. The first kappa shape index (κ1) is 18.3. The lowest BCUT2D eigenvalue weighted by Crippen LogP contribution is -2.41. The van der Waals surface area contributed by atoms with E-state index in [1.54, 1.807) is 6.92 Å². The van der Waals surface area contributed by atoms with Gasteiger partial charge < -0.3 is 9.84 Å². The minimum Gasteiger partial charge on any atom is -0.478 e. The van der Waals surface area contributed by atoms with Crippen molar-refractivity contribution in [1.29, 1.82) is 0 Å². The third kappa shape index (κ3) is 3.43. The highest BCUT2D eigenvalue weighted by Gasteiger charge is 2.36. The molecule has 3 rings (SSSR count). The van der Waals surface area contributed by atoms with Crippen molar-refractivity contribution in [3.05, 3.63) is 70.1 Å². The molecule has 138 valence electrons. The topological polar surface area (TPSA) is 116 Å². The molecule has 0 fully saturated rings. The van der Waals surface area contributed by atoms with Crippen LogP contribution in [-0.4, -0.2) is 34.8 Å². The number of amides is 1. The molecule has 0 unspecified atom stereocenters. The molecule has 0 heterocycles. The Morgan fingerprint density at radius 2 is 1.74 bits per heavy atom. The maximum Gasteiger partial charge on any atom is 0.511 e. The van der Waals surface area contributed by atoms with E-state index in [0.717, 1.165) is 22.3 Å². The number of benzene rings is 2. The highest BCUT2D eigenvalue weighted by Crippen LogP contribution is 2.44. The zero-order valence-electron chi connectivity index (χ0n) is 14.6. The minimum atomic E-state index is -1.28. The fourth-order valence-corrected chi connectivity index (χ4v) is 3.38. The SMILES string of the molecule is CC[C@@H](C(=O)O)N(N=[N+]=[N-])C(=O)OCC1c2ccccc2-c2ccccc21. The van der Waals surface area contributed by atoms with E-state index >= 15 is 0 Å². The van der Waals surface area contributed by atoms with Gasteiger partial charge in [0.05, 0.1) is 0 Å². The summed E-state index contributed by atoms with van der Waals surface area (Å²) >= 11 is 0. The van der Waals surface area contributed by atoms with Crippen molar-refractivity contribution in [2.45, 2.75) is 25.3 Å². The Kier molecular flexibility index (Phi) is 5.28. The van der Waals surface area contributed by atoms with Crippen LogP contribution in [0.4, 0.5) is 4.79 Å². The molecule has 1 atom stereocenters. The molecule has 1 amide bonds. The van der Waals surface area contributed by atoms with Gasteiger partial charge in [-0.25, -0.2) is 4.79 Å². The summed E-state index contributed by atoms with van der Waals surface area (Å²) < 4.78 is 5.35. The Morgan fingerprint density at radius 1 is 1.19 bits per heavy atom. The number of carbonyl (C=O) groups is 2. The zero-order valence-corrected chi connectivity index (χ0v) is 14.6. The zero-order chi connectivity index (χ0) is 19.4. The van der Waals surface area contributed by atoms with Crippen LogP contribution in [0, 0.1) is 0 Å². The fraction of sp³-hybridized carbons (Fsp3) is 0.263. The minimum absolute atomic E-state index is 0.0142. The van der Waals surface area contributed by atoms with Crippen LogP contribution in [0.1, 0.15) is 30.4 Å². The van der Waals surface area contributed by atoms with Gasteiger partial charge in [0.2, 0.25) is 6.04 Å². The lowest BCUT2D eigenvalue weighted by molar-refractivity contribution is -0.142. The number of hydrogen-bond donors (Lipinski definition) is 1. The Morgan fingerprint density at radius 3 is 2.22 bits per heavy atom. The van der Waals surface area contributed by atoms with Crippen molar-refractivity contribution in [1.82, 2.24) is 5.01 Å². The Balaban J connectivity index is 1.82. The van der Waals surface area contributed by atoms with Crippen molar-refractivity contribution < 1.29 is 19.4 Å².